The number of aryl methyl sites for hydroxylation is 1. The Morgan fingerprint density at radius 1 is 1.29 bits per heavy atom. The molecule has 2 aromatic rings. The molecule has 1 aromatic carbocycles. The summed E-state index contributed by atoms with van der Waals surface area (Å²) in [6.45, 7) is 2.30. The lowest BCUT2D eigenvalue weighted by Gasteiger charge is -2.07. The first-order valence-electron chi connectivity index (χ1n) is 6.47. The van der Waals surface area contributed by atoms with Crippen LogP contribution in [0.25, 0.3) is 0 Å². The molecule has 0 spiro atoms. The van der Waals surface area contributed by atoms with Crippen LogP contribution in [-0.2, 0) is 11.3 Å². The van der Waals surface area contributed by atoms with E-state index < -0.39 is 0 Å². The second-order valence-electron chi connectivity index (χ2n) is 4.45. The Hall–Kier alpha value is -2.94. The Morgan fingerprint density at radius 2 is 2.05 bits per heavy atom. The molecule has 0 saturated carbocycles. The van der Waals surface area contributed by atoms with E-state index in [4.69, 9.17) is 5.26 Å². The average molecular weight is 281 g/mol. The first-order chi connectivity index (χ1) is 10.2. The van der Waals surface area contributed by atoms with E-state index in [0.717, 1.165) is 5.56 Å². The standard InChI is InChI=1S/C15H15N5O/c1-11-7-13(8-16)20-15(19-11)18-10-14(21)17-9-12-5-3-2-4-6-12/h2-7H,9-10H2,1H3,(H,17,21)(H,18,19,20). The number of aromatic nitrogens is 2. The lowest BCUT2D eigenvalue weighted by molar-refractivity contribution is -0.119. The molecule has 0 saturated heterocycles. The fourth-order valence-corrected chi connectivity index (χ4v) is 1.72. The van der Waals surface area contributed by atoms with Gasteiger partial charge in [-0.1, -0.05) is 30.3 Å². The Bertz CT molecular complexity index is 664. The monoisotopic (exact) mass is 281 g/mol. The lowest BCUT2D eigenvalue weighted by Crippen LogP contribution is -2.29. The molecule has 1 aromatic heterocycles. The van der Waals surface area contributed by atoms with Gasteiger partial charge in [0.05, 0.1) is 6.54 Å². The maximum Gasteiger partial charge on any atom is 0.239 e. The zero-order chi connectivity index (χ0) is 15.1. The molecule has 0 atom stereocenters. The summed E-state index contributed by atoms with van der Waals surface area (Å²) in [5, 5.41) is 14.4. The molecule has 0 unspecified atom stereocenters. The van der Waals surface area contributed by atoms with Crippen molar-refractivity contribution < 1.29 is 4.79 Å². The van der Waals surface area contributed by atoms with E-state index in [1.807, 2.05) is 36.4 Å². The normalized spacial score (nSPS) is 9.71. The predicted molar refractivity (Wildman–Crippen MR) is 78.3 cm³/mol. The van der Waals surface area contributed by atoms with Crippen molar-refractivity contribution in [2.75, 3.05) is 11.9 Å². The Balaban J connectivity index is 1.84. The van der Waals surface area contributed by atoms with Gasteiger partial charge in [-0.3, -0.25) is 4.79 Å². The number of hydrogen-bond acceptors (Lipinski definition) is 5. The summed E-state index contributed by atoms with van der Waals surface area (Å²) in [7, 11) is 0. The van der Waals surface area contributed by atoms with Crippen LogP contribution in [-0.4, -0.2) is 22.4 Å². The minimum atomic E-state index is -0.164. The smallest absolute Gasteiger partial charge is 0.239 e. The van der Waals surface area contributed by atoms with Crippen LogP contribution in [0.3, 0.4) is 0 Å². The zero-order valence-electron chi connectivity index (χ0n) is 11.6. The quantitative estimate of drug-likeness (QED) is 0.864. The molecule has 0 radical (unpaired) electrons. The van der Waals surface area contributed by atoms with Crippen molar-refractivity contribution in [1.82, 2.24) is 15.3 Å². The van der Waals surface area contributed by atoms with Crippen LogP contribution >= 0.6 is 0 Å². The van der Waals surface area contributed by atoms with Crippen LogP contribution < -0.4 is 10.6 Å². The van der Waals surface area contributed by atoms with Gasteiger partial charge in [-0.2, -0.15) is 5.26 Å². The summed E-state index contributed by atoms with van der Waals surface area (Å²) in [4.78, 5) is 19.8. The van der Waals surface area contributed by atoms with Crippen LogP contribution in [0, 0.1) is 18.3 Å². The lowest BCUT2D eigenvalue weighted by atomic mass is 10.2. The number of benzene rings is 1. The van der Waals surface area contributed by atoms with Crippen LogP contribution in [0.15, 0.2) is 36.4 Å². The van der Waals surface area contributed by atoms with Crippen molar-refractivity contribution in [2.45, 2.75) is 13.5 Å². The third-order valence-corrected chi connectivity index (χ3v) is 2.71. The van der Waals surface area contributed by atoms with E-state index in [9.17, 15) is 4.79 Å². The molecule has 106 valence electrons. The van der Waals surface area contributed by atoms with Crippen LogP contribution in [0.2, 0.25) is 0 Å². The molecule has 0 aliphatic heterocycles. The van der Waals surface area contributed by atoms with Crippen molar-refractivity contribution in [2.24, 2.45) is 0 Å². The molecule has 0 fully saturated rings. The first kappa shape index (κ1) is 14.5. The number of nitrogens with zero attached hydrogens (tertiary/aromatic N) is 3. The summed E-state index contributed by atoms with van der Waals surface area (Å²) in [6, 6.07) is 13.2. The molecule has 0 aliphatic carbocycles. The van der Waals surface area contributed by atoms with Gasteiger partial charge in [0.2, 0.25) is 11.9 Å². The summed E-state index contributed by atoms with van der Waals surface area (Å²) in [5.74, 6) is 0.115. The van der Waals surface area contributed by atoms with E-state index in [1.165, 1.54) is 0 Å². The van der Waals surface area contributed by atoms with Crippen LogP contribution in [0.5, 0.6) is 0 Å². The largest absolute Gasteiger partial charge is 0.350 e. The topological polar surface area (TPSA) is 90.7 Å². The van der Waals surface area contributed by atoms with Crippen molar-refractivity contribution in [3.05, 3.63) is 53.3 Å². The minimum absolute atomic E-state index is 0.0567. The van der Waals surface area contributed by atoms with Gasteiger partial charge in [-0.05, 0) is 18.6 Å². The number of nitriles is 1. The zero-order valence-corrected chi connectivity index (χ0v) is 11.6. The molecule has 21 heavy (non-hydrogen) atoms. The number of amides is 1. The summed E-state index contributed by atoms with van der Waals surface area (Å²) in [5.41, 5.74) is 1.98. The van der Waals surface area contributed by atoms with E-state index in [2.05, 4.69) is 20.6 Å². The first-order valence-corrected chi connectivity index (χ1v) is 6.47. The Labute approximate surface area is 122 Å². The highest BCUT2D eigenvalue weighted by molar-refractivity contribution is 5.80. The molecule has 1 amide bonds. The average Bonchev–Trinajstić information content (AvgIpc) is 2.51. The highest BCUT2D eigenvalue weighted by Crippen LogP contribution is 2.03. The number of anilines is 1. The summed E-state index contributed by atoms with van der Waals surface area (Å²) in [6.07, 6.45) is 0. The highest BCUT2D eigenvalue weighted by atomic mass is 16.1. The van der Waals surface area contributed by atoms with Crippen molar-refractivity contribution in [3.8, 4) is 6.07 Å². The van der Waals surface area contributed by atoms with Gasteiger partial charge in [0.25, 0.3) is 0 Å². The SMILES string of the molecule is Cc1cc(C#N)nc(NCC(=O)NCc2ccccc2)n1. The number of carbonyl (C=O) groups is 1. The highest BCUT2D eigenvalue weighted by Gasteiger charge is 2.05. The molecule has 6 heteroatoms. The van der Waals surface area contributed by atoms with Crippen LogP contribution in [0.4, 0.5) is 5.95 Å². The second-order valence-corrected chi connectivity index (χ2v) is 4.45. The van der Waals surface area contributed by atoms with E-state index in [-0.39, 0.29) is 24.1 Å². The van der Waals surface area contributed by atoms with Gasteiger partial charge in [0.15, 0.2) is 0 Å². The minimum Gasteiger partial charge on any atom is -0.350 e. The van der Waals surface area contributed by atoms with E-state index in [0.29, 0.717) is 12.2 Å². The molecule has 0 bridgehead atoms. The fraction of sp³-hybridized carbons (Fsp3) is 0.200. The van der Waals surface area contributed by atoms with E-state index >= 15 is 0 Å². The van der Waals surface area contributed by atoms with Gasteiger partial charge >= 0.3 is 0 Å². The van der Waals surface area contributed by atoms with Gasteiger partial charge < -0.3 is 10.6 Å². The third-order valence-electron chi connectivity index (χ3n) is 2.71. The maximum absolute atomic E-state index is 11.7. The van der Waals surface area contributed by atoms with Crippen molar-refractivity contribution in [3.63, 3.8) is 0 Å². The van der Waals surface area contributed by atoms with E-state index in [1.54, 1.807) is 13.0 Å². The molecule has 1 heterocycles. The molecular formula is C15H15N5O. The number of hydrogen-bond donors (Lipinski definition) is 2. The van der Waals surface area contributed by atoms with Gasteiger partial charge in [-0.25, -0.2) is 9.97 Å². The van der Waals surface area contributed by atoms with Gasteiger partial charge in [0, 0.05) is 12.2 Å². The number of carbonyl (C=O) groups excluding carboxylic acids is 1. The molecule has 0 aliphatic rings. The number of rotatable bonds is 5. The summed E-state index contributed by atoms with van der Waals surface area (Å²) >= 11 is 0. The Kier molecular flexibility index (Phi) is 4.83. The van der Waals surface area contributed by atoms with Crippen molar-refractivity contribution >= 4 is 11.9 Å². The Morgan fingerprint density at radius 3 is 2.76 bits per heavy atom. The van der Waals surface area contributed by atoms with Gasteiger partial charge in [0.1, 0.15) is 11.8 Å². The third kappa shape index (κ3) is 4.58. The molecule has 6 nitrogen and oxygen atoms in total. The second kappa shape index (κ2) is 7.01. The number of nitrogens with one attached hydrogen (secondary N) is 2. The maximum atomic E-state index is 11.7. The molecule has 2 N–H and O–H groups in total. The molecule has 2 rings (SSSR count). The predicted octanol–water partition coefficient (Wildman–Crippen LogP) is 1.39. The van der Waals surface area contributed by atoms with Crippen LogP contribution in [0.1, 0.15) is 17.0 Å². The fourth-order valence-electron chi connectivity index (χ4n) is 1.72. The molecular weight excluding hydrogens is 266 g/mol. The van der Waals surface area contributed by atoms with Crippen molar-refractivity contribution in [1.29, 1.82) is 5.26 Å². The van der Waals surface area contributed by atoms with Gasteiger partial charge in [-0.15, -0.1) is 0 Å². The summed E-state index contributed by atoms with van der Waals surface area (Å²) < 4.78 is 0.